The van der Waals surface area contributed by atoms with E-state index in [9.17, 15) is 24.1 Å². The molecule has 2 rings (SSSR count). The first-order valence-corrected chi connectivity index (χ1v) is 7.75. The number of nitro groups is 1. The van der Waals surface area contributed by atoms with E-state index in [2.05, 4.69) is 10.6 Å². The highest BCUT2D eigenvalue weighted by Crippen LogP contribution is 2.22. The van der Waals surface area contributed by atoms with Gasteiger partial charge in [-0.1, -0.05) is 12.1 Å². The van der Waals surface area contributed by atoms with E-state index in [-0.39, 0.29) is 30.4 Å². The van der Waals surface area contributed by atoms with Crippen LogP contribution in [0.4, 0.5) is 21.5 Å². The van der Waals surface area contributed by atoms with Gasteiger partial charge in [0.2, 0.25) is 0 Å². The number of carbonyl (C=O) groups is 2. The van der Waals surface area contributed by atoms with Gasteiger partial charge < -0.3 is 15.5 Å². The maximum absolute atomic E-state index is 12.8. The molecule has 0 saturated heterocycles. The van der Waals surface area contributed by atoms with Crippen molar-refractivity contribution in [3.8, 4) is 0 Å². The number of hydrogen-bond donors (Lipinski definition) is 3. The van der Waals surface area contributed by atoms with E-state index in [1.807, 2.05) is 0 Å². The van der Waals surface area contributed by atoms with Crippen molar-refractivity contribution in [1.29, 1.82) is 0 Å². The second-order valence-corrected chi connectivity index (χ2v) is 5.69. The van der Waals surface area contributed by atoms with Crippen LogP contribution < -0.4 is 15.5 Å². The first kappa shape index (κ1) is 19.0. The molecule has 136 valence electrons. The Morgan fingerprint density at radius 1 is 1.04 bits per heavy atom. The molecule has 0 aromatic heterocycles. The summed E-state index contributed by atoms with van der Waals surface area (Å²) in [6.07, 6.45) is 0. The highest BCUT2D eigenvalue weighted by atomic mass is 19.1. The largest absolute Gasteiger partial charge is 0.322 e. The summed E-state index contributed by atoms with van der Waals surface area (Å²) in [4.78, 5) is 34.9. The number of carbonyl (C=O) groups excluding carboxylic acids is 2. The minimum absolute atomic E-state index is 0.00167. The van der Waals surface area contributed by atoms with Crippen LogP contribution in [-0.4, -0.2) is 36.9 Å². The Bertz CT molecular complexity index is 811. The molecule has 0 heterocycles. The lowest BCUT2D eigenvalue weighted by Gasteiger charge is -2.14. The maximum Gasteiger partial charge on any atom is 0.292 e. The molecule has 8 nitrogen and oxygen atoms in total. The average molecular weight is 361 g/mol. The van der Waals surface area contributed by atoms with Gasteiger partial charge in [0.05, 0.1) is 12.0 Å². The summed E-state index contributed by atoms with van der Waals surface area (Å²) in [5.41, 5.74) is 0.354. The van der Waals surface area contributed by atoms with Crippen LogP contribution in [-0.2, 0) is 9.59 Å². The van der Waals surface area contributed by atoms with Crippen molar-refractivity contribution in [2.75, 3.05) is 30.8 Å². The number of quaternary nitrogens is 1. The molecule has 0 aliphatic carbocycles. The Labute approximate surface area is 148 Å². The third-order valence-corrected chi connectivity index (χ3v) is 3.43. The number of likely N-dealkylation sites (N-methyl/N-ethyl adjacent to an activating group) is 1. The number of para-hydroxylation sites is 2. The topological polar surface area (TPSA) is 106 Å². The molecule has 0 fully saturated rings. The van der Waals surface area contributed by atoms with Gasteiger partial charge >= 0.3 is 0 Å². The molecule has 0 aliphatic rings. The number of amides is 2. The lowest BCUT2D eigenvalue weighted by atomic mass is 10.2. The molecule has 0 bridgehead atoms. The van der Waals surface area contributed by atoms with E-state index in [0.29, 0.717) is 10.6 Å². The second-order valence-electron chi connectivity index (χ2n) is 5.69. The number of nitrogens with zero attached hydrogens (tertiary/aromatic N) is 1. The summed E-state index contributed by atoms with van der Waals surface area (Å²) in [5.74, 6) is -1.20. The van der Waals surface area contributed by atoms with Crippen LogP contribution in [0.5, 0.6) is 0 Å². The Morgan fingerprint density at radius 3 is 2.23 bits per heavy atom. The molecule has 9 heteroatoms. The number of nitro benzene ring substituents is 1. The minimum Gasteiger partial charge on any atom is -0.322 e. The molecule has 0 aliphatic heterocycles. The van der Waals surface area contributed by atoms with Crippen LogP contribution in [0.25, 0.3) is 0 Å². The van der Waals surface area contributed by atoms with Gasteiger partial charge in [0, 0.05) is 11.8 Å². The summed E-state index contributed by atoms with van der Waals surface area (Å²) in [6.45, 7) is -0.0510. The van der Waals surface area contributed by atoms with Crippen molar-refractivity contribution in [3.05, 3.63) is 64.5 Å². The third kappa shape index (κ3) is 5.64. The Kier molecular flexibility index (Phi) is 6.34. The first-order valence-electron chi connectivity index (χ1n) is 7.75. The maximum atomic E-state index is 12.8. The number of rotatable bonds is 7. The van der Waals surface area contributed by atoms with Gasteiger partial charge in [-0.2, -0.15) is 0 Å². The average Bonchev–Trinajstić information content (AvgIpc) is 2.56. The van der Waals surface area contributed by atoms with Crippen LogP contribution in [0.1, 0.15) is 0 Å². The molecule has 3 N–H and O–H groups in total. The van der Waals surface area contributed by atoms with Crippen molar-refractivity contribution in [1.82, 2.24) is 0 Å². The lowest BCUT2D eigenvalue weighted by Crippen LogP contribution is -3.11. The third-order valence-electron chi connectivity index (χ3n) is 3.43. The van der Waals surface area contributed by atoms with Gasteiger partial charge in [-0.25, -0.2) is 4.39 Å². The summed E-state index contributed by atoms with van der Waals surface area (Å²) in [5, 5.41) is 16.0. The van der Waals surface area contributed by atoms with E-state index in [4.69, 9.17) is 0 Å². The molecule has 2 aromatic carbocycles. The fourth-order valence-corrected chi connectivity index (χ4v) is 2.28. The monoisotopic (exact) mass is 361 g/mol. The Morgan fingerprint density at radius 2 is 1.62 bits per heavy atom. The molecule has 26 heavy (non-hydrogen) atoms. The Balaban J connectivity index is 1.86. The number of nitrogens with one attached hydrogen (secondary N) is 3. The fourth-order valence-electron chi connectivity index (χ4n) is 2.28. The predicted octanol–water partition coefficient (Wildman–Crippen LogP) is 0.826. The molecule has 0 saturated carbocycles. The quantitative estimate of drug-likeness (QED) is 0.502. The lowest BCUT2D eigenvalue weighted by molar-refractivity contribution is -0.862. The number of halogens is 1. The SMILES string of the molecule is C[NH+](CC(=O)Nc1ccc(F)cc1)CC(=O)Nc1ccccc1[N+](=O)[O-]. The van der Waals surface area contributed by atoms with E-state index >= 15 is 0 Å². The first-order chi connectivity index (χ1) is 12.3. The van der Waals surface area contributed by atoms with Crippen molar-refractivity contribution in [3.63, 3.8) is 0 Å². The highest BCUT2D eigenvalue weighted by molar-refractivity contribution is 5.94. The van der Waals surface area contributed by atoms with Gasteiger partial charge in [0.15, 0.2) is 13.1 Å². The van der Waals surface area contributed by atoms with Gasteiger partial charge in [0.1, 0.15) is 11.5 Å². The number of anilines is 2. The van der Waals surface area contributed by atoms with E-state index < -0.39 is 16.6 Å². The highest BCUT2D eigenvalue weighted by Gasteiger charge is 2.18. The van der Waals surface area contributed by atoms with Gasteiger partial charge in [-0.15, -0.1) is 0 Å². The number of benzene rings is 2. The van der Waals surface area contributed by atoms with Crippen molar-refractivity contribution < 1.29 is 23.8 Å². The zero-order valence-electron chi connectivity index (χ0n) is 14.0. The number of hydrogen-bond acceptors (Lipinski definition) is 4. The van der Waals surface area contributed by atoms with Crippen molar-refractivity contribution in [2.45, 2.75) is 0 Å². The summed E-state index contributed by atoms with van der Waals surface area (Å²) in [7, 11) is 1.64. The summed E-state index contributed by atoms with van der Waals surface area (Å²) < 4.78 is 12.8. The van der Waals surface area contributed by atoms with Crippen LogP contribution in [0.15, 0.2) is 48.5 Å². The zero-order chi connectivity index (χ0) is 19.1. The standard InChI is InChI=1S/C17H17FN4O4/c1-21(10-16(23)19-13-8-6-12(18)7-9-13)11-17(24)20-14-4-2-3-5-15(14)22(25)26/h2-9H,10-11H2,1H3,(H,19,23)(H,20,24)/p+1. The molecule has 0 radical (unpaired) electrons. The summed E-state index contributed by atoms with van der Waals surface area (Å²) in [6, 6.07) is 11.1. The van der Waals surface area contributed by atoms with Crippen LogP contribution in [0.2, 0.25) is 0 Å². The van der Waals surface area contributed by atoms with E-state index in [1.54, 1.807) is 13.1 Å². The van der Waals surface area contributed by atoms with Crippen LogP contribution in [0, 0.1) is 15.9 Å². The summed E-state index contributed by atoms with van der Waals surface area (Å²) >= 11 is 0. The molecule has 0 spiro atoms. The molecule has 2 aromatic rings. The van der Waals surface area contributed by atoms with E-state index in [0.717, 1.165) is 0 Å². The minimum atomic E-state index is -0.581. The van der Waals surface area contributed by atoms with Gasteiger partial charge in [0.25, 0.3) is 17.5 Å². The van der Waals surface area contributed by atoms with Crippen LogP contribution >= 0.6 is 0 Å². The molecular formula is C17H18FN4O4+. The van der Waals surface area contributed by atoms with Crippen LogP contribution in [0.3, 0.4) is 0 Å². The Hall–Kier alpha value is -3.33. The zero-order valence-corrected chi connectivity index (χ0v) is 14.0. The van der Waals surface area contributed by atoms with Crippen molar-refractivity contribution in [2.24, 2.45) is 0 Å². The second kappa shape index (κ2) is 8.67. The van der Waals surface area contributed by atoms with Crippen molar-refractivity contribution >= 4 is 28.9 Å². The predicted molar refractivity (Wildman–Crippen MR) is 93.4 cm³/mol. The smallest absolute Gasteiger partial charge is 0.292 e. The molecule has 1 unspecified atom stereocenters. The molecule has 2 amide bonds. The van der Waals surface area contributed by atoms with E-state index in [1.165, 1.54) is 42.5 Å². The molecular weight excluding hydrogens is 343 g/mol. The molecule has 1 atom stereocenters. The van der Waals surface area contributed by atoms with Gasteiger partial charge in [-0.05, 0) is 30.3 Å². The fraction of sp³-hybridized carbons (Fsp3) is 0.176. The van der Waals surface area contributed by atoms with Gasteiger partial charge in [-0.3, -0.25) is 19.7 Å². The normalized spacial score (nSPS) is 11.5.